The Labute approximate surface area is 99.6 Å². The monoisotopic (exact) mass is 224 g/mol. The summed E-state index contributed by atoms with van der Waals surface area (Å²) in [5.41, 5.74) is 1.75. The fourth-order valence-electron chi connectivity index (χ4n) is 2.14. The number of nitrogens with zero attached hydrogens (tertiary/aromatic N) is 2. The molecular weight excluding hydrogens is 212 g/mol. The van der Waals surface area contributed by atoms with Crippen LogP contribution in [0.5, 0.6) is 0 Å². The first-order valence-electron chi connectivity index (χ1n) is 5.78. The van der Waals surface area contributed by atoms with Gasteiger partial charge < -0.3 is 0 Å². The van der Waals surface area contributed by atoms with Crippen molar-refractivity contribution in [2.75, 3.05) is 0 Å². The first kappa shape index (κ1) is 10.1. The number of fused-ring (bicyclic) bond motifs is 1. The Hall–Kier alpha value is -2.03. The van der Waals surface area contributed by atoms with Crippen molar-refractivity contribution in [1.29, 1.82) is 0 Å². The lowest BCUT2D eigenvalue weighted by molar-refractivity contribution is -0.119. The lowest BCUT2D eigenvalue weighted by Crippen LogP contribution is -2.29. The molecule has 3 nitrogen and oxygen atoms in total. The molecule has 1 atom stereocenters. The highest BCUT2D eigenvalue weighted by atomic mass is 16.1. The van der Waals surface area contributed by atoms with Gasteiger partial charge in [-0.1, -0.05) is 36.4 Å². The SMILES string of the molecule is O=C1N=C(c2ccccc2)N=C2C=CCCC12. The van der Waals surface area contributed by atoms with Gasteiger partial charge in [0, 0.05) is 5.56 Å². The van der Waals surface area contributed by atoms with Gasteiger partial charge in [0.05, 0.1) is 11.6 Å². The Morgan fingerprint density at radius 3 is 2.76 bits per heavy atom. The average molecular weight is 224 g/mol. The number of hydrogen-bond donors (Lipinski definition) is 0. The summed E-state index contributed by atoms with van der Waals surface area (Å²) in [4.78, 5) is 20.5. The van der Waals surface area contributed by atoms with Crippen molar-refractivity contribution in [1.82, 2.24) is 0 Å². The first-order chi connectivity index (χ1) is 8.34. The maximum absolute atomic E-state index is 11.9. The summed E-state index contributed by atoms with van der Waals surface area (Å²) < 4.78 is 0. The molecule has 0 saturated carbocycles. The highest BCUT2D eigenvalue weighted by Gasteiger charge is 2.28. The summed E-state index contributed by atoms with van der Waals surface area (Å²) in [7, 11) is 0. The van der Waals surface area contributed by atoms with Crippen LogP contribution >= 0.6 is 0 Å². The molecule has 0 saturated heterocycles. The zero-order chi connectivity index (χ0) is 11.7. The molecule has 0 spiro atoms. The first-order valence-corrected chi connectivity index (χ1v) is 5.78. The second-order valence-corrected chi connectivity index (χ2v) is 4.21. The van der Waals surface area contributed by atoms with Gasteiger partial charge in [-0.15, -0.1) is 0 Å². The highest BCUT2D eigenvalue weighted by Crippen LogP contribution is 2.22. The van der Waals surface area contributed by atoms with Crippen molar-refractivity contribution >= 4 is 17.5 Å². The van der Waals surface area contributed by atoms with Gasteiger partial charge in [-0.05, 0) is 18.9 Å². The van der Waals surface area contributed by atoms with Gasteiger partial charge in [0.25, 0.3) is 5.91 Å². The van der Waals surface area contributed by atoms with E-state index < -0.39 is 0 Å². The van der Waals surface area contributed by atoms with Crippen LogP contribution < -0.4 is 0 Å². The second-order valence-electron chi connectivity index (χ2n) is 4.21. The molecule has 1 heterocycles. The average Bonchev–Trinajstić information content (AvgIpc) is 2.40. The van der Waals surface area contributed by atoms with E-state index in [1.165, 1.54) is 0 Å². The maximum Gasteiger partial charge on any atom is 0.256 e. The number of benzene rings is 1. The van der Waals surface area contributed by atoms with Crippen LogP contribution in [-0.2, 0) is 4.79 Å². The van der Waals surface area contributed by atoms with Crippen LogP contribution in [0.2, 0.25) is 0 Å². The van der Waals surface area contributed by atoms with Crippen molar-refractivity contribution in [3.63, 3.8) is 0 Å². The van der Waals surface area contributed by atoms with Crippen LogP contribution in [0.1, 0.15) is 18.4 Å². The Balaban J connectivity index is 2.03. The number of carbonyl (C=O) groups excluding carboxylic acids is 1. The third-order valence-electron chi connectivity index (χ3n) is 3.05. The van der Waals surface area contributed by atoms with Gasteiger partial charge in [-0.3, -0.25) is 4.79 Å². The molecule has 0 aromatic heterocycles. The fraction of sp³-hybridized carbons (Fsp3) is 0.214. The normalized spacial score (nSPS) is 22.8. The summed E-state index contributed by atoms with van der Waals surface area (Å²) in [6, 6.07) is 9.62. The van der Waals surface area contributed by atoms with E-state index >= 15 is 0 Å². The minimum absolute atomic E-state index is 0.0572. The molecule has 3 rings (SSSR count). The third kappa shape index (κ3) is 1.84. The molecule has 1 aliphatic heterocycles. The highest BCUT2D eigenvalue weighted by molar-refractivity contribution is 6.23. The number of aliphatic imine (C=N–C) groups is 2. The van der Waals surface area contributed by atoms with Crippen LogP contribution in [0.25, 0.3) is 0 Å². The summed E-state index contributed by atoms with van der Waals surface area (Å²) in [5, 5.41) is 0. The van der Waals surface area contributed by atoms with Crippen molar-refractivity contribution in [3.05, 3.63) is 48.0 Å². The van der Waals surface area contributed by atoms with Crippen molar-refractivity contribution in [3.8, 4) is 0 Å². The summed E-state index contributed by atoms with van der Waals surface area (Å²) in [6.45, 7) is 0. The summed E-state index contributed by atoms with van der Waals surface area (Å²) in [5.74, 6) is 0.360. The van der Waals surface area contributed by atoms with E-state index in [9.17, 15) is 4.79 Å². The molecule has 84 valence electrons. The minimum atomic E-state index is -0.118. The molecule has 1 aromatic rings. The van der Waals surface area contributed by atoms with E-state index in [4.69, 9.17) is 0 Å². The second kappa shape index (κ2) is 4.09. The van der Waals surface area contributed by atoms with Gasteiger partial charge in [0.15, 0.2) is 5.84 Å². The van der Waals surface area contributed by atoms with Gasteiger partial charge in [-0.2, -0.15) is 4.99 Å². The van der Waals surface area contributed by atoms with Crippen molar-refractivity contribution in [2.45, 2.75) is 12.8 Å². The van der Waals surface area contributed by atoms with Gasteiger partial charge >= 0.3 is 0 Å². The molecule has 1 aliphatic carbocycles. The van der Waals surface area contributed by atoms with E-state index in [0.717, 1.165) is 24.1 Å². The van der Waals surface area contributed by atoms with Gasteiger partial charge in [0.1, 0.15) is 0 Å². The van der Waals surface area contributed by atoms with E-state index in [-0.39, 0.29) is 11.8 Å². The predicted molar refractivity (Wildman–Crippen MR) is 67.3 cm³/mol. The smallest absolute Gasteiger partial charge is 0.256 e. The molecule has 0 radical (unpaired) electrons. The van der Waals surface area contributed by atoms with Crippen molar-refractivity contribution in [2.24, 2.45) is 15.9 Å². The Kier molecular flexibility index (Phi) is 2.44. The largest absolute Gasteiger partial charge is 0.272 e. The molecule has 1 amide bonds. The summed E-state index contributed by atoms with van der Waals surface area (Å²) >= 11 is 0. The molecule has 1 aromatic carbocycles. The standard InChI is InChI=1S/C14H12N2O/c17-14-11-8-4-5-9-12(11)15-13(16-14)10-6-2-1-3-7-10/h1-3,5-7,9,11H,4,8H2. The number of carbonyl (C=O) groups is 1. The molecule has 0 N–H and O–H groups in total. The van der Waals surface area contributed by atoms with Crippen LogP contribution in [0, 0.1) is 5.92 Å². The molecule has 2 aliphatic rings. The van der Waals surface area contributed by atoms with E-state index in [1.807, 2.05) is 36.4 Å². The Morgan fingerprint density at radius 2 is 1.94 bits per heavy atom. The number of amides is 1. The van der Waals surface area contributed by atoms with Crippen molar-refractivity contribution < 1.29 is 4.79 Å². The Morgan fingerprint density at radius 1 is 1.12 bits per heavy atom. The van der Waals surface area contributed by atoms with E-state index in [1.54, 1.807) is 0 Å². The zero-order valence-corrected chi connectivity index (χ0v) is 9.34. The lowest BCUT2D eigenvalue weighted by Gasteiger charge is -2.20. The van der Waals surface area contributed by atoms with Crippen LogP contribution in [-0.4, -0.2) is 17.5 Å². The van der Waals surface area contributed by atoms with Crippen LogP contribution in [0.15, 0.2) is 52.5 Å². The van der Waals surface area contributed by atoms with E-state index in [2.05, 4.69) is 16.1 Å². The fourth-order valence-corrected chi connectivity index (χ4v) is 2.14. The van der Waals surface area contributed by atoms with Crippen LogP contribution in [0.4, 0.5) is 0 Å². The summed E-state index contributed by atoms with van der Waals surface area (Å²) in [6.07, 6.45) is 5.78. The Bertz CT molecular complexity index is 541. The van der Waals surface area contributed by atoms with Gasteiger partial charge in [0.2, 0.25) is 0 Å². The van der Waals surface area contributed by atoms with Crippen LogP contribution in [0.3, 0.4) is 0 Å². The molecule has 0 bridgehead atoms. The lowest BCUT2D eigenvalue weighted by atomic mass is 9.90. The molecular formula is C14H12N2O. The molecule has 0 fully saturated rings. The quantitative estimate of drug-likeness (QED) is 0.722. The number of amidine groups is 1. The minimum Gasteiger partial charge on any atom is -0.272 e. The van der Waals surface area contributed by atoms with Gasteiger partial charge in [-0.25, -0.2) is 4.99 Å². The number of allylic oxidation sites excluding steroid dienone is 2. The third-order valence-corrected chi connectivity index (χ3v) is 3.05. The molecule has 1 unspecified atom stereocenters. The molecule has 3 heteroatoms. The molecule has 17 heavy (non-hydrogen) atoms. The van der Waals surface area contributed by atoms with E-state index in [0.29, 0.717) is 5.84 Å². The maximum atomic E-state index is 11.9. The zero-order valence-electron chi connectivity index (χ0n) is 9.34. The number of hydrogen-bond acceptors (Lipinski definition) is 2. The predicted octanol–water partition coefficient (Wildman–Crippen LogP) is 2.38. The number of rotatable bonds is 1. The topological polar surface area (TPSA) is 41.8 Å².